The monoisotopic (exact) mass is 452 g/mol. The van der Waals surface area contributed by atoms with Gasteiger partial charge in [-0.25, -0.2) is 9.37 Å². The molecule has 1 aliphatic rings. The lowest BCUT2D eigenvalue weighted by atomic mass is 10.2. The van der Waals surface area contributed by atoms with Crippen molar-refractivity contribution in [2.24, 2.45) is 5.92 Å². The van der Waals surface area contributed by atoms with E-state index < -0.39 is 5.82 Å². The van der Waals surface area contributed by atoms with E-state index in [1.807, 2.05) is 30.3 Å². The maximum atomic E-state index is 13.7. The molecular formula is C24H22ClFN4O2. The fourth-order valence-corrected chi connectivity index (χ4v) is 3.54. The molecule has 1 aromatic heterocycles. The first-order valence-electron chi connectivity index (χ1n) is 10.3. The minimum absolute atomic E-state index is 0.00391. The van der Waals surface area contributed by atoms with Gasteiger partial charge in [0.15, 0.2) is 0 Å². The second-order valence-electron chi connectivity index (χ2n) is 7.61. The molecule has 4 rings (SSSR count). The van der Waals surface area contributed by atoms with Gasteiger partial charge in [-0.15, -0.1) is 6.58 Å². The van der Waals surface area contributed by atoms with Crippen molar-refractivity contribution in [1.29, 1.82) is 0 Å². The third-order valence-corrected chi connectivity index (χ3v) is 5.42. The SMILES string of the molecule is C=CCN(CC(=O)Nc1nc(-c2ccccc2)cn1-c1ccc(F)c(Cl)c1)C(=O)C1CC1. The molecule has 0 aliphatic heterocycles. The van der Waals surface area contributed by atoms with E-state index >= 15 is 0 Å². The van der Waals surface area contributed by atoms with Crippen molar-refractivity contribution >= 4 is 29.4 Å². The number of rotatable bonds is 8. The van der Waals surface area contributed by atoms with Gasteiger partial charge in [0.1, 0.15) is 12.4 Å². The van der Waals surface area contributed by atoms with Gasteiger partial charge >= 0.3 is 0 Å². The van der Waals surface area contributed by atoms with Gasteiger partial charge in [0, 0.05) is 24.2 Å². The minimum atomic E-state index is -0.539. The molecule has 0 unspecified atom stereocenters. The van der Waals surface area contributed by atoms with Crippen LogP contribution in [0.15, 0.2) is 67.4 Å². The summed E-state index contributed by atoms with van der Waals surface area (Å²) in [5, 5.41) is 2.74. The molecule has 6 nitrogen and oxygen atoms in total. The Morgan fingerprint density at radius 1 is 1.25 bits per heavy atom. The summed E-state index contributed by atoms with van der Waals surface area (Å²) < 4.78 is 15.3. The average molecular weight is 453 g/mol. The number of halogens is 2. The molecule has 1 N–H and O–H groups in total. The Kier molecular flexibility index (Phi) is 6.37. The molecule has 1 heterocycles. The van der Waals surface area contributed by atoms with Crippen LogP contribution in [0.25, 0.3) is 16.9 Å². The lowest BCUT2D eigenvalue weighted by Crippen LogP contribution is -2.39. The summed E-state index contributed by atoms with van der Waals surface area (Å²) in [6.07, 6.45) is 5.04. The predicted octanol–water partition coefficient (Wildman–Crippen LogP) is 4.69. The normalized spacial score (nSPS) is 12.9. The molecule has 2 amide bonds. The largest absolute Gasteiger partial charge is 0.329 e. The Balaban J connectivity index is 1.63. The second-order valence-corrected chi connectivity index (χ2v) is 8.02. The molecule has 2 aromatic carbocycles. The number of nitrogens with zero attached hydrogens (tertiary/aromatic N) is 3. The quantitative estimate of drug-likeness (QED) is 0.504. The molecule has 8 heteroatoms. The highest BCUT2D eigenvalue weighted by Gasteiger charge is 2.33. The zero-order valence-electron chi connectivity index (χ0n) is 17.3. The summed E-state index contributed by atoms with van der Waals surface area (Å²) in [6.45, 7) is 3.85. The van der Waals surface area contributed by atoms with Crippen LogP contribution >= 0.6 is 11.6 Å². The van der Waals surface area contributed by atoms with E-state index in [0.717, 1.165) is 18.4 Å². The predicted molar refractivity (Wildman–Crippen MR) is 122 cm³/mol. The van der Waals surface area contributed by atoms with E-state index in [0.29, 0.717) is 17.9 Å². The molecule has 1 saturated carbocycles. The summed E-state index contributed by atoms with van der Waals surface area (Å²) in [5.41, 5.74) is 2.02. The first-order valence-corrected chi connectivity index (χ1v) is 10.6. The Bertz CT molecular complexity index is 1160. The first-order chi connectivity index (χ1) is 15.5. The van der Waals surface area contributed by atoms with Crippen LogP contribution in [0.1, 0.15) is 12.8 Å². The highest BCUT2D eigenvalue weighted by Crippen LogP contribution is 2.31. The molecular weight excluding hydrogens is 431 g/mol. The lowest BCUT2D eigenvalue weighted by Gasteiger charge is -2.20. The van der Waals surface area contributed by atoms with E-state index in [1.165, 1.54) is 17.0 Å². The van der Waals surface area contributed by atoms with Crippen molar-refractivity contribution in [3.05, 3.63) is 78.2 Å². The molecule has 0 radical (unpaired) electrons. The van der Waals surface area contributed by atoms with Crippen LogP contribution in [0, 0.1) is 11.7 Å². The van der Waals surface area contributed by atoms with Crippen LogP contribution < -0.4 is 5.32 Å². The van der Waals surface area contributed by atoms with Gasteiger partial charge in [0.2, 0.25) is 17.8 Å². The van der Waals surface area contributed by atoms with Crippen LogP contribution in [-0.4, -0.2) is 39.4 Å². The van der Waals surface area contributed by atoms with Gasteiger partial charge in [0.05, 0.1) is 16.4 Å². The maximum Gasteiger partial charge on any atom is 0.246 e. The number of anilines is 1. The van der Waals surface area contributed by atoms with E-state index in [1.54, 1.807) is 22.9 Å². The molecule has 1 aliphatic carbocycles. The number of benzene rings is 2. The van der Waals surface area contributed by atoms with Crippen LogP contribution in [0.3, 0.4) is 0 Å². The van der Waals surface area contributed by atoms with Crippen LogP contribution in [0.2, 0.25) is 5.02 Å². The van der Waals surface area contributed by atoms with Crippen molar-refractivity contribution in [3.8, 4) is 16.9 Å². The molecule has 164 valence electrons. The number of carbonyl (C=O) groups excluding carboxylic acids is 2. The number of nitrogens with one attached hydrogen (secondary N) is 1. The molecule has 3 aromatic rings. The Morgan fingerprint density at radius 2 is 2.00 bits per heavy atom. The van der Waals surface area contributed by atoms with E-state index in [4.69, 9.17) is 11.6 Å². The van der Waals surface area contributed by atoms with Crippen molar-refractivity contribution in [2.45, 2.75) is 12.8 Å². The third-order valence-electron chi connectivity index (χ3n) is 5.13. The fourth-order valence-electron chi connectivity index (χ4n) is 3.36. The summed E-state index contributed by atoms with van der Waals surface area (Å²) in [4.78, 5) is 31.3. The highest BCUT2D eigenvalue weighted by molar-refractivity contribution is 6.30. The molecule has 0 saturated heterocycles. The van der Waals surface area contributed by atoms with Crippen molar-refractivity contribution in [3.63, 3.8) is 0 Å². The summed E-state index contributed by atoms with van der Waals surface area (Å²) in [6, 6.07) is 13.7. The number of imidazole rings is 1. The summed E-state index contributed by atoms with van der Waals surface area (Å²) >= 11 is 5.97. The zero-order chi connectivity index (χ0) is 22.7. The fraction of sp³-hybridized carbons (Fsp3) is 0.208. The Labute approximate surface area is 190 Å². The smallest absolute Gasteiger partial charge is 0.246 e. The third kappa shape index (κ3) is 4.89. The van der Waals surface area contributed by atoms with Gasteiger partial charge in [-0.1, -0.05) is 48.0 Å². The summed E-state index contributed by atoms with van der Waals surface area (Å²) in [7, 11) is 0. The summed E-state index contributed by atoms with van der Waals surface area (Å²) in [5.74, 6) is -0.730. The minimum Gasteiger partial charge on any atom is -0.329 e. The number of amides is 2. The number of hydrogen-bond acceptors (Lipinski definition) is 3. The lowest BCUT2D eigenvalue weighted by molar-refractivity contribution is -0.135. The molecule has 0 bridgehead atoms. The highest BCUT2D eigenvalue weighted by atomic mass is 35.5. The van der Waals surface area contributed by atoms with Gasteiger partial charge in [-0.05, 0) is 31.0 Å². The van der Waals surface area contributed by atoms with E-state index in [2.05, 4.69) is 16.9 Å². The van der Waals surface area contributed by atoms with Crippen molar-refractivity contribution < 1.29 is 14.0 Å². The molecule has 0 atom stereocenters. The Hall–Kier alpha value is -3.45. The standard InChI is InChI=1S/C24H22ClFN4O2/c1-2-12-29(23(32)17-8-9-17)15-22(31)28-24-27-21(16-6-4-3-5-7-16)14-30(24)18-10-11-20(26)19(25)13-18/h2-7,10-11,13-14,17H,1,8-9,12,15H2,(H,27,28,31). The van der Waals surface area contributed by atoms with Crippen LogP contribution in [-0.2, 0) is 9.59 Å². The molecule has 1 fully saturated rings. The van der Waals surface area contributed by atoms with Gasteiger partial charge in [0.25, 0.3) is 0 Å². The molecule has 0 spiro atoms. The van der Waals surface area contributed by atoms with Gasteiger partial charge < -0.3 is 4.90 Å². The van der Waals surface area contributed by atoms with E-state index in [9.17, 15) is 14.0 Å². The number of hydrogen-bond donors (Lipinski definition) is 1. The van der Waals surface area contributed by atoms with Crippen molar-refractivity contribution in [1.82, 2.24) is 14.5 Å². The van der Waals surface area contributed by atoms with Gasteiger partial charge in [-0.2, -0.15) is 0 Å². The molecule has 32 heavy (non-hydrogen) atoms. The number of aromatic nitrogens is 2. The van der Waals surface area contributed by atoms with Crippen molar-refractivity contribution in [2.75, 3.05) is 18.4 Å². The maximum absolute atomic E-state index is 13.7. The zero-order valence-corrected chi connectivity index (χ0v) is 18.1. The first kappa shape index (κ1) is 21.8. The average Bonchev–Trinajstić information content (AvgIpc) is 3.56. The van der Waals surface area contributed by atoms with Gasteiger partial charge in [-0.3, -0.25) is 19.5 Å². The second kappa shape index (κ2) is 9.36. The van der Waals surface area contributed by atoms with E-state index in [-0.39, 0.29) is 35.2 Å². The Morgan fingerprint density at radius 3 is 2.66 bits per heavy atom. The topological polar surface area (TPSA) is 67.2 Å². The number of carbonyl (C=O) groups is 2. The van der Waals surface area contributed by atoms with Crippen LogP contribution in [0.4, 0.5) is 10.3 Å². The van der Waals surface area contributed by atoms with Crippen LogP contribution in [0.5, 0.6) is 0 Å².